The van der Waals surface area contributed by atoms with Gasteiger partial charge in [-0.2, -0.15) is 4.31 Å². The molecule has 0 aliphatic carbocycles. The Morgan fingerprint density at radius 1 is 1.18 bits per heavy atom. The van der Waals surface area contributed by atoms with Gasteiger partial charge in [-0.05, 0) is 18.2 Å². The molecule has 1 aromatic heterocycles. The monoisotopic (exact) mass is 448 g/mol. The molecular formula is C18H22ClFN2O4S2. The molecule has 1 saturated heterocycles. The summed E-state index contributed by atoms with van der Waals surface area (Å²) in [4.78, 5) is 1.99. The Labute approximate surface area is 173 Å². The fraction of sp³-hybridized carbons (Fsp3) is 0.444. The lowest BCUT2D eigenvalue weighted by atomic mass is 10.2. The van der Waals surface area contributed by atoms with Crippen LogP contribution in [-0.4, -0.2) is 68.2 Å². The molecule has 1 fully saturated rings. The molecule has 0 saturated carbocycles. The highest BCUT2D eigenvalue weighted by Gasteiger charge is 2.30. The van der Waals surface area contributed by atoms with Crippen LogP contribution in [0.3, 0.4) is 0 Å². The number of ether oxygens (including phenoxy) is 1. The number of β-amino-alcohol motifs (C(OH)–C–C–N with tert-alkyl or cyclic N) is 1. The van der Waals surface area contributed by atoms with E-state index in [1.807, 2.05) is 4.90 Å². The molecule has 28 heavy (non-hydrogen) atoms. The molecule has 0 bridgehead atoms. The van der Waals surface area contributed by atoms with E-state index in [0.717, 1.165) is 11.3 Å². The van der Waals surface area contributed by atoms with E-state index in [2.05, 4.69) is 0 Å². The molecule has 3 rings (SSSR count). The number of hydrogen-bond donors (Lipinski definition) is 1. The SMILES string of the molecule is O=S(=O)(c1ccc(Cl)s1)N1CCN(C[C@H](O)COCc2ccccc2F)CC1. The first-order valence-electron chi connectivity index (χ1n) is 8.83. The summed E-state index contributed by atoms with van der Waals surface area (Å²) < 4.78 is 46.2. The Bertz CT molecular complexity index is 885. The van der Waals surface area contributed by atoms with Crippen molar-refractivity contribution in [1.29, 1.82) is 0 Å². The van der Waals surface area contributed by atoms with Crippen molar-refractivity contribution in [3.8, 4) is 0 Å². The van der Waals surface area contributed by atoms with Gasteiger partial charge in [0.1, 0.15) is 10.0 Å². The Hall–Kier alpha value is -1.07. The van der Waals surface area contributed by atoms with Gasteiger partial charge in [-0.1, -0.05) is 29.8 Å². The fourth-order valence-electron chi connectivity index (χ4n) is 2.99. The van der Waals surface area contributed by atoms with Crippen LogP contribution in [0, 0.1) is 5.82 Å². The van der Waals surface area contributed by atoms with Gasteiger partial charge in [0.15, 0.2) is 0 Å². The fourth-order valence-corrected chi connectivity index (χ4v) is 6.05. The molecule has 10 heteroatoms. The molecule has 2 aromatic rings. The van der Waals surface area contributed by atoms with Crippen LogP contribution in [0.25, 0.3) is 0 Å². The molecule has 0 unspecified atom stereocenters. The second-order valence-corrected chi connectivity index (χ2v) is 10.4. The van der Waals surface area contributed by atoms with Crippen LogP contribution in [0.1, 0.15) is 5.56 Å². The lowest BCUT2D eigenvalue weighted by molar-refractivity contribution is 0.00470. The molecule has 2 heterocycles. The summed E-state index contributed by atoms with van der Waals surface area (Å²) >= 11 is 6.89. The van der Waals surface area contributed by atoms with Gasteiger partial charge >= 0.3 is 0 Å². The summed E-state index contributed by atoms with van der Waals surface area (Å²) in [7, 11) is -3.52. The van der Waals surface area contributed by atoms with Crippen molar-refractivity contribution in [2.75, 3.05) is 39.3 Å². The third kappa shape index (κ3) is 5.50. The zero-order valence-electron chi connectivity index (χ0n) is 15.1. The summed E-state index contributed by atoms with van der Waals surface area (Å²) in [5.41, 5.74) is 0.446. The molecule has 1 N–H and O–H groups in total. The third-order valence-electron chi connectivity index (χ3n) is 4.47. The van der Waals surface area contributed by atoms with Gasteiger partial charge in [-0.25, -0.2) is 12.8 Å². The number of benzene rings is 1. The minimum absolute atomic E-state index is 0.0839. The normalized spacial score (nSPS) is 17.7. The maximum atomic E-state index is 13.5. The first-order valence-corrected chi connectivity index (χ1v) is 11.5. The van der Waals surface area contributed by atoms with Gasteiger partial charge in [0.25, 0.3) is 10.0 Å². The molecule has 1 atom stereocenters. The number of sulfonamides is 1. The minimum Gasteiger partial charge on any atom is -0.389 e. The summed E-state index contributed by atoms with van der Waals surface area (Å²) in [5, 5.41) is 10.2. The summed E-state index contributed by atoms with van der Waals surface area (Å²) in [6.45, 7) is 2.28. The van der Waals surface area contributed by atoms with Crippen molar-refractivity contribution in [2.45, 2.75) is 16.9 Å². The van der Waals surface area contributed by atoms with Crippen LogP contribution < -0.4 is 0 Å². The second kappa shape index (κ2) is 9.62. The minimum atomic E-state index is -3.52. The third-order valence-corrected chi connectivity index (χ3v) is 8.07. The molecular weight excluding hydrogens is 427 g/mol. The number of aliphatic hydroxyl groups is 1. The summed E-state index contributed by atoms with van der Waals surface area (Å²) in [5.74, 6) is -0.332. The highest BCUT2D eigenvalue weighted by atomic mass is 35.5. The maximum Gasteiger partial charge on any atom is 0.252 e. The summed E-state index contributed by atoms with van der Waals surface area (Å²) in [6, 6.07) is 9.45. The zero-order chi connectivity index (χ0) is 20.1. The highest BCUT2D eigenvalue weighted by Crippen LogP contribution is 2.28. The second-order valence-electron chi connectivity index (χ2n) is 6.52. The number of hydrogen-bond acceptors (Lipinski definition) is 6. The molecule has 1 aliphatic heterocycles. The van der Waals surface area contributed by atoms with Crippen LogP contribution in [0.4, 0.5) is 4.39 Å². The Morgan fingerprint density at radius 2 is 1.89 bits per heavy atom. The Balaban J connectivity index is 1.42. The smallest absolute Gasteiger partial charge is 0.252 e. The molecule has 1 aliphatic rings. The predicted octanol–water partition coefficient (Wildman–Crippen LogP) is 2.42. The molecule has 154 valence electrons. The van der Waals surface area contributed by atoms with Crippen molar-refractivity contribution >= 4 is 33.0 Å². The average molecular weight is 449 g/mol. The van der Waals surface area contributed by atoms with Crippen LogP contribution in [0.15, 0.2) is 40.6 Å². The molecule has 1 aromatic carbocycles. The van der Waals surface area contributed by atoms with Gasteiger partial charge in [0.2, 0.25) is 0 Å². The van der Waals surface area contributed by atoms with E-state index >= 15 is 0 Å². The van der Waals surface area contributed by atoms with Crippen LogP contribution in [0.5, 0.6) is 0 Å². The van der Waals surface area contributed by atoms with Gasteiger partial charge in [0, 0.05) is 38.3 Å². The lowest BCUT2D eigenvalue weighted by Gasteiger charge is -2.34. The highest BCUT2D eigenvalue weighted by molar-refractivity contribution is 7.91. The topological polar surface area (TPSA) is 70.1 Å². The first-order chi connectivity index (χ1) is 13.4. The predicted molar refractivity (Wildman–Crippen MR) is 107 cm³/mol. The molecule has 0 amide bonds. The van der Waals surface area contributed by atoms with Gasteiger partial charge in [0.05, 0.1) is 23.7 Å². The van der Waals surface area contributed by atoms with Crippen LogP contribution in [0.2, 0.25) is 4.34 Å². The molecule has 0 radical (unpaired) electrons. The summed E-state index contributed by atoms with van der Waals surface area (Å²) in [6.07, 6.45) is -0.731. The van der Waals surface area contributed by atoms with E-state index in [9.17, 15) is 17.9 Å². The number of piperazine rings is 1. The van der Waals surface area contributed by atoms with E-state index in [4.69, 9.17) is 16.3 Å². The standard InChI is InChI=1S/C18H22ClFN2O4S2/c19-17-5-6-18(27-17)28(24,25)22-9-7-21(8-10-22)11-15(23)13-26-12-14-3-1-2-4-16(14)20/h1-6,15,23H,7-13H2/t15-/m0/s1. The van der Waals surface area contributed by atoms with Gasteiger partial charge in [-0.15, -0.1) is 11.3 Å². The van der Waals surface area contributed by atoms with Crippen molar-refractivity contribution < 1.29 is 22.7 Å². The molecule has 6 nitrogen and oxygen atoms in total. The number of nitrogens with zero attached hydrogens (tertiary/aromatic N) is 2. The Kier molecular flexibility index (Phi) is 7.43. The van der Waals surface area contributed by atoms with Crippen LogP contribution >= 0.6 is 22.9 Å². The lowest BCUT2D eigenvalue weighted by Crippen LogP contribution is -2.50. The van der Waals surface area contributed by atoms with Crippen molar-refractivity contribution in [3.05, 3.63) is 52.1 Å². The number of aliphatic hydroxyl groups excluding tert-OH is 1. The molecule has 0 spiro atoms. The van der Waals surface area contributed by atoms with Gasteiger partial charge < -0.3 is 9.84 Å². The van der Waals surface area contributed by atoms with Crippen molar-refractivity contribution in [3.63, 3.8) is 0 Å². The van der Waals surface area contributed by atoms with E-state index < -0.39 is 16.1 Å². The van der Waals surface area contributed by atoms with E-state index in [1.165, 1.54) is 16.4 Å². The van der Waals surface area contributed by atoms with Crippen molar-refractivity contribution in [2.24, 2.45) is 0 Å². The number of thiophene rings is 1. The zero-order valence-corrected chi connectivity index (χ0v) is 17.5. The quantitative estimate of drug-likeness (QED) is 0.671. The van der Waals surface area contributed by atoms with E-state index in [0.29, 0.717) is 42.6 Å². The average Bonchev–Trinajstić information content (AvgIpc) is 3.11. The number of rotatable bonds is 8. The Morgan fingerprint density at radius 3 is 2.54 bits per heavy atom. The largest absolute Gasteiger partial charge is 0.389 e. The van der Waals surface area contributed by atoms with E-state index in [-0.39, 0.29) is 23.2 Å². The van der Waals surface area contributed by atoms with E-state index in [1.54, 1.807) is 24.3 Å². The first kappa shape index (κ1) is 21.6. The van der Waals surface area contributed by atoms with Gasteiger partial charge in [-0.3, -0.25) is 4.90 Å². The number of halogens is 2. The van der Waals surface area contributed by atoms with Crippen LogP contribution in [-0.2, 0) is 21.4 Å². The maximum absolute atomic E-state index is 13.5. The van der Waals surface area contributed by atoms with Crippen molar-refractivity contribution in [1.82, 2.24) is 9.21 Å².